The molecule has 4 aromatic heterocycles. The normalized spacial score (nSPS) is 11.4. The summed E-state index contributed by atoms with van der Waals surface area (Å²) >= 11 is 1.60. The highest BCUT2D eigenvalue weighted by molar-refractivity contribution is 7.15. The van der Waals surface area contributed by atoms with E-state index in [2.05, 4.69) is 37.5 Å². The summed E-state index contributed by atoms with van der Waals surface area (Å²) in [5, 5.41) is 2.04. The van der Waals surface area contributed by atoms with Gasteiger partial charge in [0.25, 0.3) is 0 Å². The van der Waals surface area contributed by atoms with Crippen molar-refractivity contribution in [2.24, 2.45) is 0 Å². The molecule has 9 nitrogen and oxygen atoms in total. The Labute approximate surface area is 246 Å². The van der Waals surface area contributed by atoms with E-state index >= 15 is 0 Å². The second-order valence-corrected chi connectivity index (χ2v) is 10.9. The summed E-state index contributed by atoms with van der Waals surface area (Å²) < 4.78 is 7.63. The quantitative estimate of drug-likeness (QED) is 0.208. The summed E-state index contributed by atoms with van der Waals surface area (Å²) in [6.45, 7) is 0.549. The number of benzene rings is 3. The van der Waals surface area contributed by atoms with E-state index < -0.39 is 0 Å². The number of para-hydroxylation sites is 1. The Kier molecular flexibility index (Phi) is 6.52. The number of fused-ring (bicyclic) bond motifs is 2. The zero-order chi connectivity index (χ0) is 28.6. The van der Waals surface area contributed by atoms with Crippen LogP contribution in [0.1, 0.15) is 17.2 Å². The lowest BCUT2D eigenvalue weighted by atomic mass is 10.1. The van der Waals surface area contributed by atoms with Gasteiger partial charge in [0.15, 0.2) is 4.96 Å². The van der Waals surface area contributed by atoms with Crippen molar-refractivity contribution in [3.63, 3.8) is 0 Å². The van der Waals surface area contributed by atoms with Crippen LogP contribution in [0, 0.1) is 0 Å². The molecule has 0 atom stereocenters. The molecule has 0 amide bonds. The van der Waals surface area contributed by atoms with Crippen molar-refractivity contribution >= 4 is 38.7 Å². The van der Waals surface area contributed by atoms with E-state index in [4.69, 9.17) is 25.4 Å². The fraction of sp³-hybridized carbons (Fsp3) is 0.125. The fourth-order valence-electron chi connectivity index (χ4n) is 5.19. The topological polar surface area (TPSA) is 110 Å². The Morgan fingerprint density at radius 2 is 1.86 bits per heavy atom. The lowest BCUT2D eigenvalue weighted by Crippen LogP contribution is -2.18. The zero-order valence-corrected chi connectivity index (χ0v) is 24.0. The third kappa shape index (κ3) is 4.82. The molecule has 7 rings (SSSR count). The van der Waals surface area contributed by atoms with E-state index in [1.54, 1.807) is 18.4 Å². The van der Waals surface area contributed by atoms with Crippen LogP contribution in [-0.2, 0) is 13.0 Å². The molecule has 7 aromatic rings. The first kappa shape index (κ1) is 25.7. The van der Waals surface area contributed by atoms with Crippen molar-refractivity contribution in [1.82, 2.24) is 29.3 Å². The van der Waals surface area contributed by atoms with Crippen LogP contribution in [0.3, 0.4) is 0 Å². The number of nitrogens with two attached hydrogens (primary N) is 1. The summed E-state index contributed by atoms with van der Waals surface area (Å²) in [7, 11) is 3.71. The van der Waals surface area contributed by atoms with Gasteiger partial charge in [-0.15, -0.1) is 11.3 Å². The third-order valence-corrected chi connectivity index (χ3v) is 8.03. The minimum absolute atomic E-state index is 0.549. The Morgan fingerprint density at radius 1 is 1.00 bits per heavy atom. The van der Waals surface area contributed by atoms with Gasteiger partial charge < -0.3 is 20.4 Å². The maximum atomic E-state index is 5.87. The van der Waals surface area contributed by atoms with Crippen molar-refractivity contribution < 1.29 is 4.74 Å². The molecule has 0 saturated carbocycles. The van der Waals surface area contributed by atoms with Gasteiger partial charge in [-0.25, -0.2) is 19.9 Å². The van der Waals surface area contributed by atoms with Crippen molar-refractivity contribution in [2.75, 3.05) is 24.8 Å². The van der Waals surface area contributed by atoms with Crippen molar-refractivity contribution in [3.8, 4) is 28.4 Å². The first-order valence-corrected chi connectivity index (χ1v) is 14.4. The molecule has 0 saturated heterocycles. The van der Waals surface area contributed by atoms with Gasteiger partial charge in [0.05, 0.1) is 36.1 Å². The minimum Gasteiger partial charge on any atom is -0.496 e. The fourth-order valence-corrected chi connectivity index (χ4v) is 5.91. The summed E-state index contributed by atoms with van der Waals surface area (Å²) in [4.78, 5) is 25.9. The number of ether oxygens (including phenoxy) is 1. The van der Waals surface area contributed by atoms with E-state index in [0.717, 1.165) is 67.2 Å². The molecule has 0 fully saturated rings. The lowest BCUT2D eigenvalue weighted by Gasteiger charge is -2.18. The van der Waals surface area contributed by atoms with Gasteiger partial charge in [-0.3, -0.25) is 4.40 Å². The van der Waals surface area contributed by atoms with Gasteiger partial charge in [0.1, 0.15) is 23.1 Å². The van der Waals surface area contributed by atoms with Crippen LogP contribution < -0.4 is 15.4 Å². The number of nitrogens with one attached hydrogen (secondary N) is 1. The number of anilines is 2. The maximum absolute atomic E-state index is 5.87. The summed E-state index contributed by atoms with van der Waals surface area (Å²) in [6.07, 6.45) is 4.49. The number of methoxy groups -OCH3 is 1. The number of thiazole rings is 1. The molecule has 3 aromatic carbocycles. The number of imidazole rings is 2. The van der Waals surface area contributed by atoms with E-state index in [9.17, 15) is 0 Å². The second-order valence-electron chi connectivity index (χ2n) is 10.1. The molecule has 0 radical (unpaired) electrons. The predicted molar refractivity (Wildman–Crippen MR) is 168 cm³/mol. The average Bonchev–Trinajstić information content (AvgIpc) is 3.72. The SMILES string of the molecule is COc1ccccc1Cc1nc2ccc(-c3nc4sccn4c3-c3ccnc(CN(C)c4ccc(N)cc4)n3)cc2[nH]1. The monoisotopic (exact) mass is 572 g/mol. The molecule has 0 aliphatic carbocycles. The smallest absolute Gasteiger partial charge is 0.194 e. The van der Waals surface area contributed by atoms with Gasteiger partial charge in [-0.2, -0.15) is 0 Å². The van der Waals surface area contributed by atoms with Crippen LogP contribution in [0.4, 0.5) is 11.4 Å². The highest BCUT2D eigenvalue weighted by Gasteiger charge is 2.20. The number of hydrogen-bond acceptors (Lipinski definition) is 8. The average molecular weight is 573 g/mol. The molecular formula is C32H28N8OS. The van der Waals surface area contributed by atoms with Gasteiger partial charge in [0.2, 0.25) is 0 Å². The van der Waals surface area contributed by atoms with E-state index in [1.807, 2.05) is 79.4 Å². The molecule has 42 heavy (non-hydrogen) atoms. The standard InChI is InChI=1S/C32H28N8OS/c1-39(23-10-8-22(33)9-11-23)19-29-34-14-13-25(36-29)31-30(38-32-40(31)15-16-42-32)21-7-12-24-26(17-21)37-28(35-24)18-20-5-3-4-6-27(20)41-2/h3-17H,18-19,33H2,1-2H3,(H,35,37). The van der Waals surface area contributed by atoms with Gasteiger partial charge in [0, 0.05) is 53.7 Å². The van der Waals surface area contributed by atoms with Crippen molar-refractivity contribution in [3.05, 3.63) is 108 Å². The molecule has 3 N–H and O–H groups in total. The number of nitrogens with zero attached hydrogens (tertiary/aromatic N) is 6. The molecule has 208 valence electrons. The Hall–Kier alpha value is -5.22. The van der Waals surface area contributed by atoms with Gasteiger partial charge >= 0.3 is 0 Å². The van der Waals surface area contributed by atoms with E-state index in [0.29, 0.717) is 18.8 Å². The van der Waals surface area contributed by atoms with Crippen molar-refractivity contribution in [2.45, 2.75) is 13.0 Å². The Morgan fingerprint density at radius 3 is 2.71 bits per heavy atom. The van der Waals surface area contributed by atoms with Crippen LogP contribution in [0.15, 0.2) is 90.6 Å². The largest absolute Gasteiger partial charge is 0.496 e. The first-order valence-electron chi connectivity index (χ1n) is 13.5. The number of aromatic nitrogens is 6. The highest BCUT2D eigenvalue weighted by Crippen LogP contribution is 2.35. The summed E-state index contributed by atoms with van der Waals surface area (Å²) in [5.41, 5.74) is 14.2. The predicted octanol–water partition coefficient (Wildman–Crippen LogP) is 6.21. The van der Waals surface area contributed by atoms with Crippen molar-refractivity contribution in [1.29, 1.82) is 0 Å². The number of aromatic amines is 1. The molecule has 0 aliphatic heterocycles. The molecule has 0 unspecified atom stereocenters. The van der Waals surface area contributed by atoms with E-state index in [1.165, 1.54) is 0 Å². The minimum atomic E-state index is 0.549. The van der Waals surface area contributed by atoms with Gasteiger partial charge in [-0.05, 0) is 48.5 Å². The molecule has 0 bridgehead atoms. The molecular weight excluding hydrogens is 544 g/mol. The Bertz CT molecular complexity index is 2020. The van der Waals surface area contributed by atoms with E-state index in [-0.39, 0.29) is 0 Å². The first-order chi connectivity index (χ1) is 20.6. The maximum Gasteiger partial charge on any atom is 0.194 e. The van der Waals surface area contributed by atoms with Crippen LogP contribution in [0.25, 0.3) is 38.6 Å². The van der Waals surface area contributed by atoms with Crippen LogP contribution in [0.2, 0.25) is 0 Å². The van der Waals surface area contributed by atoms with Crippen LogP contribution >= 0.6 is 11.3 Å². The molecule has 0 aliphatic rings. The van der Waals surface area contributed by atoms with Crippen LogP contribution in [-0.4, -0.2) is 43.5 Å². The van der Waals surface area contributed by atoms with Gasteiger partial charge in [-0.1, -0.05) is 24.3 Å². The highest BCUT2D eigenvalue weighted by atomic mass is 32.1. The number of H-pyrrole nitrogens is 1. The molecule has 10 heteroatoms. The zero-order valence-electron chi connectivity index (χ0n) is 23.2. The number of nitrogen functional groups attached to an aromatic ring is 1. The molecule has 0 spiro atoms. The summed E-state index contributed by atoms with van der Waals surface area (Å²) in [5.74, 6) is 2.45. The number of rotatable bonds is 8. The lowest BCUT2D eigenvalue weighted by molar-refractivity contribution is 0.410. The summed E-state index contributed by atoms with van der Waals surface area (Å²) in [6, 6.07) is 24.0. The number of hydrogen-bond donors (Lipinski definition) is 2. The Balaban J connectivity index is 1.23. The second kappa shape index (κ2) is 10.6. The molecule has 4 heterocycles. The van der Waals surface area contributed by atoms with Crippen LogP contribution in [0.5, 0.6) is 5.75 Å². The third-order valence-electron chi connectivity index (χ3n) is 7.28.